The summed E-state index contributed by atoms with van der Waals surface area (Å²) >= 11 is 0. The lowest BCUT2D eigenvalue weighted by Crippen LogP contribution is -2.32. The SMILES string of the molecule is CCCCc1ccc(-c2ccc(Cc3cc(CC(OC)C(F)(F)F)ccc3Oc3ccc(CC(OC)C(F)(F)F)cc3Cc3ccc(-c4ccc(CCCC)cc4F)cc3)cc2)c(F)c1. The fourth-order valence-corrected chi connectivity index (χ4v) is 7.91. The summed E-state index contributed by atoms with van der Waals surface area (Å²) in [6.45, 7) is 4.16. The smallest absolute Gasteiger partial charge is 0.414 e. The molecule has 0 spiro atoms. The molecule has 6 rings (SSSR count). The van der Waals surface area contributed by atoms with E-state index >= 15 is 8.78 Å². The van der Waals surface area contributed by atoms with E-state index in [0.29, 0.717) is 56.0 Å². The number of hydrogen-bond donors (Lipinski definition) is 0. The lowest BCUT2D eigenvalue weighted by molar-refractivity contribution is -0.212. The Morgan fingerprint density at radius 1 is 0.446 bits per heavy atom. The van der Waals surface area contributed by atoms with Gasteiger partial charge in [-0.15, -0.1) is 0 Å². The molecule has 0 heterocycles. The van der Waals surface area contributed by atoms with Crippen molar-refractivity contribution in [3.63, 3.8) is 0 Å². The van der Waals surface area contributed by atoms with Crippen LogP contribution >= 0.6 is 0 Å². The summed E-state index contributed by atoms with van der Waals surface area (Å²) in [7, 11) is 2.01. The number of benzene rings is 6. The van der Waals surface area contributed by atoms with E-state index in [9.17, 15) is 26.3 Å². The van der Waals surface area contributed by atoms with Crippen LogP contribution in [0, 0.1) is 11.6 Å². The largest absolute Gasteiger partial charge is 0.457 e. The van der Waals surface area contributed by atoms with E-state index in [-0.39, 0.29) is 24.5 Å². The molecule has 11 heteroatoms. The van der Waals surface area contributed by atoms with Crippen LogP contribution in [0.4, 0.5) is 35.1 Å². The molecule has 6 aromatic carbocycles. The first-order valence-corrected chi connectivity index (χ1v) is 21.9. The molecule has 0 aliphatic rings. The van der Waals surface area contributed by atoms with Crippen LogP contribution in [0.15, 0.2) is 121 Å². The maximum absolute atomic E-state index is 15.2. The maximum Gasteiger partial charge on any atom is 0.414 e. The number of ether oxygens (including phenoxy) is 3. The molecular weight excluding hydrogens is 849 g/mol. The van der Waals surface area contributed by atoms with Crippen LogP contribution < -0.4 is 4.74 Å². The third kappa shape index (κ3) is 13.3. The summed E-state index contributed by atoms with van der Waals surface area (Å²) in [5, 5.41) is 0. The fourth-order valence-electron chi connectivity index (χ4n) is 7.91. The lowest BCUT2D eigenvalue weighted by atomic mass is 9.96. The number of rotatable bonds is 20. The van der Waals surface area contributed by atoms with Crippen molar-refractivity contribution >= 4 is 0 Å². The van der Waals surface area contributed by atoms with Crippen molar-refractivity contribution in [3.05, 3.63) is 177 Å². The molecular formula is C54H54F8O3. The van der Waals surface area contributed by atoms with Gasteiger partial charge in [0.1, 0.15) is 23.1 Å². The average molecular weight is 903 g/mol. The van der Waals surface area contributed by atoms with E-state index in [1.165, 1.54) is 12.1 Å². The second-order valence-electron chi connectivity index (χ2n) is 16.5. The molecule has 3 nitrogen and oxygen atoms in total. The molecule has 0 aliphatic heterocycles. The van der Waals surface area contributed by atoms with Gasteiger partial charge in [-0.3, -0.25) is 0 Å². The van der Waals surface area contributed by atoms with Crippen LogP contribution in [0.3, 0.4) is 0 Å². The highest BCUT2D eigenvalue weighted by molar-refractivity contribution is 5.66. The van der Waals surface area contributed by atoms with Gasteiger partial charge in [0, 0.05) is 51.0 Å². The first-order valence-electron chi connectivity index (χ1n) is 21.9. The van der Waals surface area contributed by atoms with Crippen LogP contribution in [0.2, 0.25) is 0 Å². The quantitative estimate of drug-likeness (QED) is 0.0715. The van der Waals surface area contributed by atoms with E-state index in [0.717, 1.165) is 75.0 Å². The fraction of sp³-hybridized carbons (Fsp3) is 0.333. The normalized spacial score (nSPS) is 12.9. The van der Waals surface area contributed by atoms with Gasteiger partial charge in [-0.25, -0.2) is 8.78 Å². The highest BCUT2D eigenvalue weighted by Crippen LogP contribution is 2.36. The van der Waals surface area contributed by atoms with Crippen molar-refractivity contribution < 1.29 is 49.3 Å². The third-order valence-electron chi connectivity index (χ3n) is 11.6. The summed E-state index contributed by atoms with van der Waals surface area (Å²) in [6, 6.07) is 34.4. The molecule has 6 aromatic rings. The number of methoxy groups -OCH3 is 2. The highest BCUT2D eigenvalue weighted by atomic mass is 19.4. The maximum atomic E-state index is 15.2. The molecule has 344 valence electrons. The topological polar surface area (TPSA) is 27.7 Å². The summed E-state index contributed by atoms with van der Waals surface area (Å²) < 4.78 is 130. The number of hydrogen-bond acceptors (Lipinski definition) is 3. The van der Waals surface area contributed by atoms with Gasteiger partial charge >= 0.3 is 12.4 Å². The molecule has 0 radical (unpaired) electrons. The van der Waals surface area contributed by atoms with Crippen LogP contribution in [0.25, 0.3) is 22.3 Å². The van der Waals surface area contributed by atoms with E-state index in [1.807, 2.05) is 36.4 Å². The van der Waals surface area contributed by atoms with Crippen molar-refractivity contribution in [2.45, 2.75) is 103 Å². The Morgan fingerprint density at radius 3 is 1.12 bits per heavy atom. The van der Waals surface area contributed by atoms with Gasteiger partial charge in [-0.2, -0.15) is 26.3 Å². The van der Waals surface area contributed by atoms with E-state index < -0.39 is 37.4 Å². The zero-order valence-electron chi connectivity index (χ0n) is 37.0. The third-order valence-corrected chi connectivity index (χ3v) is 11.6. The van der Waals surface area contributed by atoms with Gasteiger partial charge in [0.15, 0.2) is 12.2 Å². The molecule has 0 aliphatic carbocycles. The van der Waals surface area contributed by atoms with Gasteiger partial charge in [-0.05, 0) is 106 Å². The molecule has 0 amide bonds. The molecule has 0 saturated carbocycles. The number of aryl methyl sites for hydroxylation is 2. The lowest BCUT2D eigenvalue weighted by Gasteiger charge is -2.21. The first kappa shape index (κ1) is 48.9. The molecule has 2 atom stereocenters. The van der Waals surface area contributed by atoms with Crippen molar-refractivity contribution in [1.82, 2.24) is 0 Å². The number of unbranched alkanes of at least 4 members (excludes halogenated alkanes) is 2. The van der Waals surface area contributed by atoms with Crippen molar-refractivity contribution in [3.8, 4) is 33.8 Å². The second kappa shape index (κ2) is 22.1. The second-order valence-corrected chi connectivity index (χ2v) is 16.5. The monoisotopic (exact) mass is 902 g/mol. The van der Waals surface area contributed by atoms with E-state index in [1.54, 1.807) is 72.8 Å². The van der Waals surface area contributed by atoms with Gasteiger partial charge in [0.2, 0.25) is 0 Å². The van der Waals surface area contributed by atoms with Crippen molar-refractivity contribution in [2.24, 2.45) is 0 Å². The molecule has 0 bridgehead atoms. The Hall–Kier alpha value is -5.52. The van der Waals surface area contributed by atoms with Crippen LogP contribution in [0.1, 0.15) is 84.0 Å². The minimum absolute atomic E-state index is 0.220. The molecule has 0 aromatic heterocycles. The predicted octanol–water partition coefficient (Wildman–Crippen LogP) is 15.2. The minimum atomic E-state index is -4.61. The Labute approximate surface area is 376 Å². The van der Waals surface area contributed by atoms with Crippen LogP contribution in [0.5, 0.6) is 11.5 Å². The van der Waals surface area contributed by atoms with Gasteiger partial charge in [0.05, 0.1) is 0 Å². The van der Waals surface area contributed by atoms with E-state index in [2.05, 4.69) is 13.8 Å². The first-order chi connectivity index (χ1) is 31.1. The van der Waals surface area contributed by atoms with Crippen molar-refractivity contribution in [1.29, 1.82) is 0 Å². The zero-order valence-corrected chi connectivity index (χ0v) is 37.0. The highest BCUT2D eigenvalue weighted by Gasteiger charge is 2.41. The minimum Gasteiger partial charge on any atom is -0.457 e. The summed E-state index contributed by atoms with van der Waals surface area (Å²) in [6.07, 6.45) is -8.32. The Balaban J connectivity index is 1.33. The van der Waals surface area contributed by atoms with Crippen molar-refractivity contribution in [2.75, 3.05) is 14.2 Å². The standard InChI is InChI=1S/C54H54F8O3/c1-5-7-9-35-15-23-45(47(55)31-35)41-19-11-37(12-20-41)27-43-29-39(33-51(63-3)53(57,58)59)17-25-49(43)65-50-26-18-40(34-52(64-4)54(60,61)62)30-44(50)28-38-13-21-42(22-14-38)46-24-16-36(10-8-6-2)32-48(46)56/h11-26,29-32,51-52H,5-10,27-28,33-34H2,1-4H3. The Kier molecular flexibility index (Phi) is 16.6. The summed E-state index contributed by atoms with van der Waals surface area (Å²) in [5.41, 5.74) is 7.38. The Morgan fingerprint density at radius 2 is 0.800 bits per heavy atom. The Bertz CT molecular complexity index is 2300. The zero-order chi connectivity index (χ0) is 46.7. The van der Waals surface area contributed by atoms with Gasteiger partial charge < -0.3 is 14.2 Å². The summed E-state index contributed by atoms with van der Waals surface area (Å²) in [5.74, 6) is -0.0238. The van der Waals surface area contributed by atoms with Crippen LogP contribution in [-0.2, 0) is 48.0 Å². The predicted molar refractivity (Wildman–Crippen MR) is 241 cm³/mol. The number of alkyl halides is 6. The molecule has 65 heavy (non-hydrogen) atoms. The molecule has 2 unspecified atom stereocenters. The van der Waals surface area contributed by atoms with Gasteiger partial charge in [0.25, 0.3) is 0 Å². The summed E-state index contributed by atoms with van der Waals surface area (Å²) in [4.78, 5) is 0. The molecule has 0 fully saturated rings. The van der Waals surface area contributed by atoms with Crippen LogP contribution in [-0.4, -0.2) is 38.8 Å². The van der Waals surface area contributed by atoms with E-state index in [4.69, 9.17) is 14.2 Å². The number of halogens is 8. The van der Waals surface area contributed by atoms with Gasteiger partial charge in [-0.1, -0.05) is 124 Å². The molecule has 0 saturated heterocycles. The molecule has 0 N–H and O–H groups in total. The average Bonchev–Trinajstić information content (AvgIpc) is 3.27.